The van der Waals surface area contributed by atoms with Crippen molar-refractivity contribution in [2.45, 2.75) is 251 Å². The zero-order chi connectivity index (χ0) is 38.7. The molecule has 0 aliphatic carbocycles. The van der Waals surface area contributed by atoms with E-state index in [0.29, 0.717) is 25.9 Å². The number of unbranched alkanes of at least 4 members (excludes halogenated alkanes) is 27. The molecule has 0 saturated carbocycles. The van der Waals surface area contributed by atoms with E-state index in [1.54, 1.807) is 0 Å². The van der Waals surface area contributed by atoms with Crippen LogP contribution in [0.3, 0.4) is 0 Å². The van der Waals surface area contributed by atoms with Gasteiger partial charge in [0, 0.05) is 12.8 Å². The number of nitrogens with one attached hydrogen (secondary N) is 1. The Morgan fingerprint density at radius 1 is 0.528 bits per heavy atom. The van der Waals surface area contributed by atoms with Gasteiger partial charge in [0.2, 0.25) is 5.91 Å². The molecule has 0 bridgehead atoms. The van der Waals surface area contributed by atoms with Gasteiger partial charge >= 0.3 is 5.97 Å². The molecule has 6 nitrogen and oxygen atoms in total. The smallest absolute Gasteiger partial charge is 0.305 e. The minimum atomic E-state index is -0.675. The molecular weight excluding hydrogens is 659 g/mol. The molecule has 0 aromatic rings. The quantitative estimate of drug-likeness (QED) is 0.0328. The lowest BCUT2D eigenvalue weighted by Crippen LogP contribution is -2.45. The van der Waals surface area contributed by atoms with E-state index < -0.39 is 12.1 Å². The number of rotatable bonds is 42. The predicted octanol–water partition coefficient (Wildman–Crippen LogP) is 13.2. The molecule has 0 aromatic heterocycles. The minimum Gasteiger partial charge on any atom is -0.466 e. The van der Waals surface area contributed by atoms with Crippen LogP contribution in [0.25, 0.3) is 0 Å². The summed E-state index contributed by atoms with van der Waals surface area (Å²) in [6.07, 6.45) is 48.4. The highest BCUT2D eigenvalue weighted by atomic mass is 16.5. The molecule has 312 valence electrons. The largest absolute Gasteiger partial charge is 0.466 e. The van der Waals surface area contributed by atoms with E-state index in [9.17, 15) is 19.8 Å². The van der Waals surface area contributed by atoms with E-state index in [0.717, 1.165) is 70.6 Å². The van der Waals surface area contributed by atoms with Crippen LogP contribution in [0, 0.1) is 0 Å². The minimum absolute atomic E-state index is 0.0290. The van der Waals surface area contributed by atoms with Crippen LogP contribution >= 0.6 is 0 Å². The van der Waals surface area contributed by atoms with Crippen LogP contribution < -0.4 is 5.32 Å². The monoisotopic (exact) mass is 748 g/mol. The Hall–Kier alpha value is -1.66. The van der Waals surface area contributed by atoms with Gasteiger partial charge in [-0.2, -0.15) is 0 Å². The molecule has 0 aliphatic heterocycles. The van der Waals surface area contributed by atoms with Crippen molar-refractivity contribution in [2.75, 3.05) is 13.2 Å². The van der Waals surface area contributed by atoms with Crippen molar-refractivity contribution < 1.29 is 24.5 Å². The summed E-state index contributed by atoms with van der Waals surface area (Å²) in [7, 11) is 0. The molecule has 0 rings (SSSR count). The van der Waals surface area contributed by atoms with Crippen LogP contribution in [-0.2, 0) is 14.3 Å². The number of ether oxygens (including phenoxy) is 1. The van der Waals surface area contributed by atoms with Crippen molar-refractivity contribution >= 4 is 11.9 Å². The summed E-state index contributed by atoms with van der Waals surface area (Å²) in [5.74, 6) is -0.0858. The number of amides is 1. The fourth-order valence-corrected chi connectivity index (χ4v) is 6.89. The van der Waals surface area contributed by atoms with Crippen LogP contribution in [-0.4, -0.2) is 47.4 Å². The second-order valence-corrected chi connectivity index (χ2v) is 15.7. The molecule has 2 unspecified atom stereocenters. The third kappa shape index (κ3) is 39.8. The molecule has 0 saturated heterocycles. The van der Waals surface area contributed by atoms with Crippen LogP contribution in [0.2, 0.25) is 0 Å². The summed E-state index contributed by atoms with van der Waals surface area (Å²) in [6.45, 7) is 4.84. The Bertz CT molecular complexity index is 828. The second-order valence-electron chi connectivity index (χ2n) is 15.7. The predicted molar refractivity (Wildman–Crippen MR) is 227 cm³/mol. The summed E-state index contributed by atoms with van der Waals surface area (Å²) in [4.78, 5) is 24.4. The lowest BCUT2D eigenvalue weighted by molar-refractivity contribution is -0.143. The highest BCUT2D eigenvalue weighted by Crippen LogP contribution is 2.15. The molecule has 6 heteroatoms. The molecule has 3 N–H and O–H groups in total. The number of carbonyl (C=O) groups excluding carboxylic acids is 2. The van der Waals surface area contributed by atoms with Gasteiger partial charge in [-0.25, -0.2) is 0 Å². The highest BCUT2D eigenvalue weighted by Gasteiger charge is 2.20. The zero-order valence-electron chi connectivity index (χ0n) is 35.2. The molecule has 0 aromatic carbocycles. The summed E-state index contributed by atoms with van der Waals surface area (Å²) < 4.78 is 5.44. The first-order chi connectivity index (χ1) is 26.0. The van der Waals surface area contributed by atoms with Gasteiger partial charge in [-0.15, -0.1) is 0 Å². The van der Waals surface area contributed by atoms with Gasteiger partial charge in [0.25, 0.3) is 0 Å². The van der Waals surface area contributed by atoms with Gasteiger partial charge in [0.05, 0.1) is 25.4 Å². The number of hydrogen-bond donors (Lipinski definition) is 3. The van der Waals surface area contributed by atoms with Crippen molar-refractivity contribution in [1.29, 1.82) is 0 Å². The van der Waals surface area contributed by atoms with Crippen molar-refractivity contribution in [3.05, 3.63) is 24.3 Å². The Labute approximate surface area is 329 Å². The Morgan fingerprint density at radius 3 is 1.49 bits per heavy atom. The lowest BCUT2D eigenvalue weighted by atomic mass is 10.0. The van der Waals surface area contributed by atoms with Crippen LogP contribution in [0.15, 0.2) is 24.3 Å². The van der Waals surface area contributed by atoms with Gasteiger partial charge in [0.1, 0.15) is 0 Å². The maximum atomic E-state index is 12.4. The first kappa shape index (κ1) is 51.3. The average molecular weight is 748 g/mol. The normalized spacial score (nSPS) is 12.9. The molecule has 0 spiro atoms. The number of hydrogen-bond acceptors (Lipinski definition) is 5. The Morgan fingerprint density at radius 2 is 0.962 bits per heavy atom. The molecule has 2 atom stereocenters. The van der Waals surface area contributed by atoms with E-state index in [1.807, 2.05) is 0 Å². The number of carbonyl (C=O) groups is 2. The molecule has 0 heterocycles. The number of aliphatic hydroxyl groups is 2. The van der Waals surface area contributed by atoms with E-state index in [-0.39, 0.29) is 18.5 Å². The van der Waals surface area contributed by atoms with Crippen molar-refractivity contribution in [3.8, 4) is 0 Å². The second kappa shape index (κ2) is 43.1. The molecule has 53 heavy (non-hydrogen) atoms. The van der Waals surface area contributed by atoms with Gasteiger partial charge in [-0.3, -0.25) is 9.59 Å². The molecular formula is C47H89NO5. The third-order valence-electron chi connectivity index (χ3n) is 10.5. The average Bonchev–Trinajstić information content (AvgIpc) is 3.16. The topological polar surface area (TPSA) is 95.9 Å². The fourth-order valence-electron chi connectivity index (χ4n) is 6.89. The van der Waals surface area contributed by atoms with Gasteiger partial charge in [0.15, 0.2) is 0 Å². The fraction of sp³-hybridized carbons (Fsp3) is 0.872. The Balaban J connectivity index is 3.48. The highest BCUT2D eigenvalue weighted by molar-refractivity contribution is 5.76. The SMILES string of the molecule is CCCC/C=C\C/C=C\CCCCCCCC(=O)OCCCCCCCCCCCCCC(=O)NC(CO)C(O)CCCCCCCCCCCCC. The standard InChI is InChI=1S/C47H89NO5/c1-3-5-7-9-11-13-15-16-17-21-25-29-33-37-41-47(52)53-42-38-34-30-26-22-18-20-24-28-32-36-40-46(51)48-44(43-49)45(50)39-35-31-27-23-19-14-12-10-8-6-4-2/h9,11,15-16,44-45,49-50H,3-8,10,12-14,17-43H2,1-2H3,(H,48,51)/b11-9-,16-15-. The van der Waals surface area contributed by atoms with E-state index in [1.165, 1.54) is 135 Å². The first-order valence-corrected chi connectivity index (χ1v) is 23.1. The zero-order valence-corrected chi connectivity index (χ0v) is 35.2. The molecule has 1 amide bonds. The van der Waals surface area contributed by atoms with E-state index in [2.05, 4.69) is 43.5 Å². The van der Waals surface area contributed by atoms with Crippen LogP contribution in [0.1, 0.15) is 239 Å². The lowest BCUT2D eigenvalue weighted by Gasteiger charge is -2.22. The number of aliphatic hydroxyl groups excluding tert-OH is 2. The Kier molecular flexibility index (Phi) is 41.7. The molecule has 0 radical (unpaired) electrons. The van der Waals surface area contributed by atoms with Gasteiger partial charge in [-0.1, -0.05) is 199 Å². The summed E-state index contributed by atoms with van der Waals surface area (Å²) in [6, 6.07) is -0.554. The van der Waals surface area contributed by atoms with Crippen LogP contribution in [0.4, 0.5) is 0 Å². The van der Waals surface area contributed by atoms with Crippen molar-refractivity contribution in [2.24, 2.45) is 0 Å². The maximum absolute atomic E-state index is 12.4. The van der Waals surface area contributed by atoms with Gasteiger partial charge < -0.3 is 20.3 Å². The third-order valence-corrected chi connectivity index (χ3v) is 10.5. The van der Waals surface area contributed by atoms with Crippen LogP contribution in [0.5, 0.6) is 0 Å². The molecule has 0 aliphatic rings. The maximum Gasteiger partial charge on any atom is 0.305 e. The van der Waals surface area contributed by atoms with E-state index in [4.69, 9.17) is 4.74 Å². The summed E-state index contributed by atoms with van der Waals surface area (Å²) >= 11 is 0. The summed E-state index contributed by atoms with van der Waals surface area (Å²) in [5.41, 5.74) is 0. The van der Waals surface area contributed by atoms with Gasteiger partial charge in [-0.05, 0) is 51.4 Å². The molecule has 0 fully saturated rings. The number of allylic oxidation sites excluding steroid dienone is 4. The first-order valence-electron chi connectivity index (χ1n) is 23.1. The number of esters is 1. The van der Waals surface area contributed by atoms with E-state index >= 15 is 0 Å². The van der Waals surface area contributed by atoms with Crippen molar-refractivity contribution in [1.82, 2.24) is 5.32 Å². The van der Waals surface area contributed by atoms with Crippen molar-refractivity contribution in [3.63, 3.8) is 0 Å². The summed E-state index contributed by atoms with van der Waals surface area (Å²) in [5, 5.41) is 23.1.